The fraction of sp³-hybridized carbons (Fsp3) is 0.200. The molecule has 3 nitrogen and oxygen atoms in total. The second-order valence-electron chi connectivity index (χ2n) is 2.99. The van der Waals surface area contributed by atoms with Crippen molar-refractivity contribution in [3.8, 4) is 0 Å². The predicted octanol–water partition coefficient (Wildman–Crippen LogP) is 1.19. The van der Waals surface area contributed by atoms with Crippen molar-refractivity contribution < 1.29 is 14.0 Å². The molecule has 0 saturated carbocycles. The number of ketones is 1. The summed E-state index contributed by atoms with van der Waals surface area (Å²) in [6.07, 6.45) is 0. The number of benzene rings is 1. The largest absolute Gasteiger partial charge is 0.302 e. The van der Waals surface area contributed by atoms with Gasteiger partial charge < -0.3 is 4.90 Å². The molecule has 0 radical (unpaired) electrons. The number of rotatable bonds is 2. The number of amides is 1. The van der Waals surface area contributed by atoms with Crippen LogP contribution in [0.25, 0.3) is 0 Å². The van der Waals surface area contributed by atoms with Crippen molar-refractivity contribution in [1.29, 1.82) is 0 Å². The molecular weight excluding hydrogens is 185 g/mol. The Bertz CT molecular complexity index is 403. The molecule has 2 rings (SSSR count). The molecule has 1 aliphatic rings. The number of fused-ring (bicyclic) bond motifs is 1. The number of hydrogen-bond donors (Lipinski definition) is 0. The van der Waals surface area contributed by atoms with Crippen molar-refractivity contribution in [1.82, 2.24) is 0 Å². The zero-order valence-corrected chi connectivity index (χ0v) is 7.37. The number of anilines is 1. The zero-order chi connectivity index (χ0) is 10.1. The summed E-state index contributed by atoms with van der Waals surface area (Å²) >= 11 is 0. The first kappa shape index (κ1) is 8.87. The number of nitrogens with zero attached hydrogens (tertiary/aromatic N) is 1. The highest BCUT2D eigenvalue weighted by Crippen LogP contribution is 2.27. The van der Waals surface area contributed by atoms with Gasteiger partial charge in [0.25, 0.3) is 11.7 Å². The van der Waals surface area contributed by atoms with Crippen LogP contribution in [0.15, 0.2) is 24.3 Å². The Morgan fingerprint density at radius 1 is 1.21 bits per heavy atom. The maximum atomic E-state index is 12.1. The highest BCUT2D eigenvalue weighted by Gasteiger charge is 2.34. The van der Waals surface area contributed by atoms with Gasteiger partial charge in [-0.25, -0.2) is 4.39 Å². The molecule has 0 aromatic heterocycles. The monoisotopic (exact) mass is 193 g/mol. The van der Waals surface area contributed by atoms with Gasteiger partial charge >= 0.3 is 0 Å². The van der Waals surface area contributed by atoms with E-state index in [1.165, 1.54) is 4.90 Å². The van der Waals surface area contributed by atoms with Gasteiger partial charge in [0.05, 0.1) is 17.8 Å². The molecular formula is C10H8FNO2. The number of alkyl halides is 1. The average Bonchev–Trinajstić information content (AvgIpc) is 2.45. The minimum atomic E-state index is -0.645. The second kappa shape index (κ2) is 3.21. The van der Waals surface area contributed by atoms with Crippen LogP contribution in [0, 0.1) is 0 Å². The molecule has 72 valence electrons. The Morgan fingerprint density at radius 3 is 2.64 bits per heavy atom. The topological polar surface area (TPSA) is 37.4 Å². The summed E-state index contributed by atoms with van der Waals surface area (Å²) in [6, 6.07) is 6.63. The predicted molar refractivity (Wildman–Crippen MR) is 49.1 cm³/mol. The number of halogens is 1. The molecule has 0 aliphatic carbocycles. The Labute approximate surface area is 80.1 Å². The molecule has 1 aliphatic heterocycles. The van der Waals surface area contributed by atoms with Gasteiger partial charge in [-0.2, -0.15) is 0 Å². The first-order valence-electron chi connectivity index (χ1n) is 4.27. The van der Waals surface area contributed by atoms with Crippen LogP contribution in [-0.4, -0.2) is 24.9 Å². The van der Waals surface area contributed by atoms with Crippen LogP contribution in [0.2, 0.25) is 0 Å². The number of Topliss-reactive ketones (excluding diaryl/α,β-unsaturated/α-hetero) is 1. The number of para-hydroxylation sites is 1. The fourth-order valence-electron chi connectivity index (χ4n) is 1.55. The van der Waals surface area contributed by atoms with Gasteiger partial charge in [-0.1, -0.05) is 12.1 Å². The summed E-state index contributed by atoms with van der Waals surface area (Å²) in [5.41, 5.74) is 0.881. The van der Waals surface area contributed by atoms with Crippen molar-refractivity contribution in [2.75, 3.05) is 18.1 Å². The van der Waals surface area contributed by atoms with Crippen LogP contribution in [0.5, 0.6) is 0 Å². The molecule has 0 saturated heterocycles. The van der Waals surface area contributed by atoms with Gasteiger partial charge in [0.2, 0.25) is 0 Å². The molecule has 1 aromatic carbocycles. The van der Waals surface area contributed by atoms with Gasteiger partial charge in [0.1, 0.15) is 6.67 Å². The van der Waals surface area contributed by atoms with E-state index in [1.807, 2.05) is 0 Å². The van der Waals surface area contributed by atoms with Crippen molar-refractivity contribution >= 4 is 17.4 Å². The lowest BCUT2D eigenvalue weighted by atomic mass is 10.1. The molecule has 1 aromatic rings. The highest BCUT2D eigenvalue weighted by atomic mass is 19.1. The Balaban J connectivity index is 2.48. The molecule has 0 fully saturated rings. The third kappa shape index (κ3) is 1.11. The molecule has 0 bridgehead atoms. The summed E-state index contributed by atoms with van der Waals surface area (Å²) in [5, 5.41) is 0. The highest BCUT2D eigenvalue weighted by molar-refractivity contribution is 6.52. The second-order valence-corrected chi connectivity index (χ2v) is 2.99. The molecule has 0 N–H and O–H groups in total. The maximum absolute atomic E-state index is 12.1. The number of carbonyl (C=O) groups excluding carboxylic acids is 2. The van der Waals surface area contributed by atoms with Crippen LogP contribution in [0.1, 0.15) is 10.4 Å². The summed E-state index contributed by atoms with van der Waals surface area (Å²) in [4.78, 5) is 23.9. The van der Waals surface area contributed by atoms with Crippen molar-refractivity contribution in [3.05, 3.63) is 29.8 Å². The van der Waals surface area contributed by atoms with E-state index in [0.29, 0.717) is 11.3 Å². The zero-order valence-electron chi connectivity index (χ0n) is 7.37. The summed E-state index contributed by atoms with van der Waals surface area (Å²) in [7, 11) is 0. The van der Waals surface area contributed by atoms with Gasteiger partial charge in [-0.15, -0.1) is 0 Å². The van der Waals surface area contributed by atoms with Crippen molar-refractivity contribution in [2.24, 2.45) is 0 Å². The third-order valence-corrected chi connectivity index (χ3v) is 2.19. The standard InChI is InChI=1S/C10H8FNO2/c11-5-6-12-8-4-2-1-3-7(8)9(13)10(12)14/h1-4H,5-6H2. The van der Waals surface area contributed by atoms with Gasteiger partial charge in [-0.05, 0) is 12.1 Å². The van der Waals surface area contributed by atoms with E-state index in [2.05, 4.69) is 0 Å². The van der Waals surface area contributed by atoms with Crippen LogP contribution in [0.3, 0.4) is 0 Å². The molecule has 4 heteroatoms. The summed E-state index contributed by atoms with van der Waals surface area (Å²) < 4.78 is 12.1. The number of hydrogen-bond acceptors (Lipinski definition) is 2. The van der Waals surface area contributed by atoms with Crippen LogP contribution < -0.4 is 4.90 Å². The quantitative estimate of drug-likeness (QED) is 0.661. The SMILES string of the molecule is O=C1C(=O)N(CCF)c2ccccc21. The normalized spacial score (nSPS) is 14.8. The van der Waals surface area contributed by atoms with E-state index < -0.39 is 18.4 Å². The molecule has 0 atom stereocenters. The van der Waals surface area contributed by atoms with Gasteiger partial charge in [-0.3, -0.25) is 9.59 Å². The first-order chi connectivity index (χ1) is 6.75. The maximum Gasteiger partial charge on any atom is 0.299 e. The van der Waals surface area contributed by atoms with E-state index in [9.17, 15) is 14.0 Å². The average molecular weight is 193 g/mol. The summed E-state index contributed by atoms with van der Waals surface area (Å²) in [5.74, 6) is -1.18. The Hall–Kier alpha value is -1.71. The third-order valence-electron chi connectivity index (χ3n) is 2.19. The first-order valence-corrected chi connectivity index (χ1v) is 4.27. The minimum absolute atomic E-state index is 0.0540. The van der Waals surface area contributed by atoms with Crippen molar-refractivity contribution in [2.45, 2.75) is 0 Å². The molecule has 1 heterocycles. The van der Waals surface area contributed by atoms with E-state index in [-0.39, 0.29) is 6.54 Å². The smallest absolute Gasteiger partial charge is 0.299 e. The molecule has 14 heavy (non-hydrogen) atoms. The van der Waals surface area contributed by atoms with E-state index >= 15 is 0 Å². The lowest BCUT2D eigenvalue weighted by Gasteiger charge is -2.13. The van der Waals surface area contributed by atoms with E-state index in [0.717, 1.165) is 0 Å². The Kier molecular flexibility index (Phi) is 2.04. The van der Waals surface area contributed by atoms with E-state index in [1.54, 1.807) is 24.3 Å². The van der Waals surface area contributed by atoms with Crippen molar-refractivity contribution in [3.63, 3.8) is 0 Å². The molecule has 1 amide bonds. The lowest BCUT2D eigenvalue weighted by molar-refractivity contribution is -0.114. The lowest BCUT2D eigenvalue weighted by Crippen LogP contribution is -2.31. The number of carbonyl (C=O) groups is 2. The van der Waals surface area contributed by atoms with Crippen LogP contribution >= 0.6 is 0 Å². The van der Waals surface area contributed by atoms with E-state index in [4.69, 9.17) is 0 Å². The fourth-order valence-corrected chi connectivity index (χ4v) is 1.55. The molecule has 0 spiro atoms. The molecule has 0 unspecified atom stereocenters. The van der Waals surface area contributed by atoms with Crippen LogP contribution in [-0.2, 0) is 4.79 Å². The summed E-state index contributed by atoms with van der Waals surface area (Å²) in [6.45, 7) is -0.699. The van der Waals surface area contributed by atoms with Gasteiger partial charge in [0.15, 0.2) is 0 Å². The Morgan fingerprint density at radius 2 is 1.93 bits per heavy atom. The van der Waals surface area contributed by atoms with Gasteiger partial charge in [0, 0.05) is 0 Å². The minimum Gasteiger partial charge on any atom is -0.302 e. The van der Waals surface area contributed by atoms with Crippen LogP contribution in [0.4, 0.5) is 10.1 Å².